The van der Waals surface area contributed by atoms with Crippen LogP contribution in [0.5, 0.6) is 0 Å². The summed E-state index contributed by atoms with van der Waals surface area (Å²) in [5.74, 6) is -0.114. The molecule has 1 aliphatic heterocycles. The molecule has 25 heavy (non-hydrogen) atoms. The maximum Gasteiger partial charge on any atom is 0.410 e. The predicted octanol–water partition coefficient (Wildman–Crippen LogP) is 3.80. The zero-order chi connectivity index (χ0) is 18.8. The van der Waals surface area contributed by atoms with Crippen molar-refractivity contribution in [2.24, 2.45) is 0 Å². The van der Waals surface area contributed by atoms with Crippen LogP contribution in [0.25, 0.3) is 0 Å². The Hall–Kier alpha value is -1.31. The molecule has 2 amide bonds. The van der Waals surface area contributed by atoms with Crippen LogP contribution >= 0.6 is 22.9 Å². The lowest BCUT2D eigenvalue weighted by molar-refractivity contribution is 0.0119. The highest BCUT2D eigenvalue weighted by Crippen LogP contribution is 2.37. The van der Waals surface area contributed by atoms with Gasteiger partial charge in [0.25, 0.3) is 5.91 Å². The quantitative estimate of drug-likeness (QED) is 0.773. The van der Waals surface area contributed by atoms with E-state index in [-0.39, 0.29) is 11.9 Å². The lowest BCUT2D eigenvalue weighted by atomic mass is 10.1. The Kier molecular flexibility index (Phi) is 6.35. The van der Waals surface area contributed by atoms with Gasteiger partial charge in [0, 0.05) is 32.8 Å². The van der Waals surface area contributed by atoms with Gasteiger partial charge in [0.15, 0.2) is 0 Å². The minimum Gasteiger partial charge on any atom is -0.444 e. The summed E-state index contributed by atoms with van der Waals surface area (Å²) in [6.07, 6.45) is 0.326. The molecule has 140 valence electrons. The van der Waals surface area contributed by atoms with Gasteiger partial charge in [-0.1, -0.05) is 11.6 Å². The topological polar surface area (TPSA) is 59.1 Å². The van der Waals surface area contributed by atoms with Crippen molar-refractivity contribution in [2.45, 2.75) is 38.8 Å². The fourth-order valence-corrected chi connectivity index (χ4v) is 3.90. The zero-order valence-electron chi connectivity index (χ0n) is 15.3. The molecule has 2 rings (SSSR count). The third kappa shape index (κ3) is 5.09. The van der Waals surface area contributed by atoms with E-state index in [0.29, 0.717) is 29.0 Å². The van der Waals surface area contributed by atoms with E-state index >= 15 is 0 Å². The van der Waals surface area contributed by atoms with Crippen molar-refractivity contribution in [3.05, 3.63) is 20.8 Å². The molecular weight excluding hydrogens is 364 g/mol. The molecule has 1 aromatic heterocycles. The molecular formula is C17H25ClN2O4S. The minimum absolute atomic E-state index is 0.114. The van der Waals surface area contributed by atoms with E-state index in [1.165, 1.54) is 16.2 Å². The summed E-state index contributed by atoms with van der Waals surface area (Å²) in [6, 6.07) is 1.39. The average molecular weight is 389 g/mol. The Balaban J connectivity index is 2.32. The van der Waals surface area contributed by atoms with Crippen LogP contribution < -0.4 is 0 Å². The average Bonchev–Trinajstić information content (AvgIpc) is 2.71. The molecule has 1 unspecified atom stereocenters. The van der Waals surface area contributed by atoms with Crippen LogP contribution in [0.4, 0.5) is 4.79 Å². The SMILES string of the molecule is CN(C)C(=O)c1cc(C2COCCCN2C(=O)OC(C)(C)C)c(Cl)s1. The molecule has 0 aromatic carbocycles. The third-order valence-electron chi connectivity index (χ3n) is 3.66. The molecule has 1 aliphatic rings. The van der Waals surface area contributed by atoms with Crippen LogP contribution in [-0.4, -0.2) is 61.3 Å². The molecule has 1 fully saturated rings. The number of thiophene rings is 1. The Morgan fingerprint density at radius 3 is 2.68 bits per heavy atom. The van der Waals surface area contributed by atoms with Crippen molar-refractivity contribution >= 4 is 34.9 Å². The number of ether oxygens (including phenoxy) is 2. The molecule has 8 heteroatoms. The second-order valence-electron chi connectivity index (χ2n) is 7.16. The number of amides is 2. The van der Waals surface area contributed by atoms with E-state index in [1.807, 2.05) is 20.8 Å². The van der Waals surface area contributed by atoms with Gasteiger partial charge in [-0.3, -0.25) is 9.69 Å². The number of halogens is 1. The summed E-state index contributed by atoms with van der Waals surface area (Å²) in [5, 5.41) is 0. The molecule has 0 bridgehead atoms. The van der Waals surface area contributed by atoms with Crippen LogP contribution in [0.15, 0.2) is 6.07 Å². The Morgan fingerprint density at radius 1 is 1.40 bits per heavy atom. The van der Waals surface area contributed by atoms with Crippen LogP contribution in [0.1, 0.15) is 48.5 Å². The third-order valence-corrected chi connectivity index (χ3v) is 5.03. The number of carbonyl (C=O) groups excluding carboxylic acids is 2. The molecule has 0 aliphatic carbocycles. The first-order valence-electron chi connectivity index (χ1n) is 8.18. The molecule has 6 nitrogen and oxygen atoms in total. The highest BCUT2D eigenvalue weighted by molar-refractivity contribution is 7.18. The Bertz CT molecular complexity index is 639. The van der Waals surface area contributed by atoms with E-state index in [4.69, 9.17) is 21.1 Å². The highest BCUT2D eigenvalue weighted by Gasteiger charge is 2.33. The summed E-state index contributed by atoms with van der Waals surface area (Å²) in [6.45, 7) is 6.91. The highest BCUT2D eigenvalue weighted by atomic mass is 35.5. The maximum atomic E-state index is 12.6. The van der Waals surface area contributed by atoms with E-state index < -0.39 is 11.7 Å². The maximum absolute atomic E-state index is 12.6. The summed E-state index contributed by atoms with van der Waals surface area (Å²) in [7, 11) is 3.38. The van der Waals surface area contributed by atoms with E-state index in [9.17, 15) is 9.59 Å². The van der Waals surface area contributed by atoms with Crippen LogP contribution in [0.2, 0.25) is 4.34 Å². The molecule has 0 N–H and O–H groups in total. The first-order chi connectivity index (χ1) is 11.6. The Morgan fingerprint density at radius 2 is 2.08 bits per heavy atom. The van der Waals surface area contributed by atoms with Gasteiger partial charge < -0.3 is 14.4 Å². The Labute approximate surface area is 157 Å². The van der Waals surface area contributed by atoms with Gasteiger partial charge in [0.2, 0.25) is 0 Å². The molecule has 0 spiro atoms. The van der Waals surface area contributed by atoms with Crippen molar-refractivity contribution in [2.75, 3.05) is 33.9 Å². The zero-order valence-corrected chi connectivity index (χ0v) is 16.9. The van der Waals surface area contributed by atoms with Gasteiger partial charge in [-0.25, -0.2) is 4.79 Å². The first kappa shape index (κ1) is 20.0. The second-order valence-corrected chi connectivity index (χ2v) is 8.81. The van der Waals surface area contributed by atoms with Crippen molar-refractivity contribution in [3.63, 3.8) is 0 Å². The van der Waals surface area contributed by atoms with Crippen LogP contribution in [0, 0.1) is 0 Å². The normalized spacial score (nSPS) is 18.6. The van der Waals surface area contributed by atoms with Crippen molar-refractivity contribution in [3.8, 4) is 0 Å². The number of nitrogens with zero attached hydrogens (tertiary/aromatic N) is 2. The lowest BCUT2D eigenvalue weighted by Gasteiger charge is -2.31. The van der Waals surface area contributed by atoms with Crippen LogP contribution in [-0.2, 0) is 9.47 Å². The number of carbonyl (C=O) groups is 2. The molecule has 2 heterocycles. The molecule has 1 aromatic rings. The van der Waals surface area contributed by atoms with Gasteiger partial charge in [0.05, 0.1) is 21.9 Å². The van der Waals surface area contributed by atoms with E-state index in [1.54, 1.807) is 25.1 Å². The standard InChI is InChI=1S/C17H25ClN2O4S/c1-17(2,3)24-16(22)20-7-6-8-23-10-12(20)11-9-13(25-14(11)18)15(21)19(4)5/h9,12H,6-8,10H2,1-5H3. The van der Waals surface area contributed by atoms with Crippen LogP contribution in [0.3, 0.4) is 0 Å². The first-order valence-corrected chi connectivity index (χ1v) is 9.38. The van der Waals surface area contributed by atoms with Gasteiger partial charge >= 0.3 is 6.09 Å². The smallest absolute Gasteiger partial charge is 0.410 e. The fraction of sp³-hybridized carbons (Fsp3) is 0.647. The van der Waals surface area contributed by atoms with E-state index in [0.717, 1.165) is 12.0 Å². The van der Waals surface area contributed by atoms with Crippen molar-refractivity contribution < 1.29 is 19.1 Å². The second kappa shape index (κ2) is 7.93. The van der Waals surface area contributed by atoms with Gasteiger partial charge in [-0.15, -0.1) is 11.3 Å². The summed E-state index contributed by atoms with van der Waals surface area (Å²) >= 11 is 7.61. The molecule has 1 atom stereocenters. The summed E-state index contributed by atoms with van der Waals surface area (Å²) in [4.78, 5) is 28.5. The molecule has 1 saturated heterocycles. The monoisotopic (exact) mass is 388 g/mol. The lowest BCUT2D eigenvalue weighted by Crippen LogP contribution is -2.40. The van der Waals surface area contributed by atoms with Gasteiger partial charge in [-0.05, 0) is 33.3 Å². The fourth-order valence-electron chi connectivity index (χ4n) is 2.51. The van der Waals surface area contributed by atoms with Gasteiger partial charge in [0.1, 0.15) is 5.60 Å². The van der Waals surface area contributed by atoms with E-state index in [2.05, 4.69) is 0 Å². The molecule has 0 saturated carbocycles. The van der Waals surface area contributed by atoms with Crippen molar-refractivity contribution in [1.82, 2.24) is 9.80 Å². The van der Waals surface area contributed by atoms with Crippen molar-refractivity contribution in [1.29, 1.82) is 0 Å². The largest absolute Gasteiger partial charge is 0.444 e. The molecule has 0 radical (unpaired) electrons. The van der Waals surface area contributed by atoms with Gasteiger partial charge in [-0.2, -0.15) is 0 Å². The predicted molar refractivity (Wildman–Crippen MR) is 98.5 cm³/mol. The number of hydrogen-bond acceptors (Lipinski definition) is 5. The number of hydrogen-bond donors (Lipinski definition) is 0. The number of rotatable bonds is 2. The summed E-state index contributed by atoms with van der Waals surface area (Å²) in [5.41, 5.74) is 0.142. The minimum atomic E-state index is -0.584. The summed E-state index contributed by atoms with van der Waals surface area (Å²) < 4.78 is 11.7.